The second-order valence-electron chi connectivity index (χ2n) is 7.02. The molecule has 2 N–H and O–H groups in total. The molecule has 0 bridgehead atoms. The number of primary amides is 1. The van der Waals surface area contributed by atoms with Crippen LogP contribution in [0.3, 0.4) is 0 Å². The topological polar surface area (TPSA) is 105 Å². The summed E-state index contributed by atoms with van der Waals surface area (Å²) in [5.74, 6) is -2.70. The van der Waals surface area contributed by atoms with Crippen LogP contribution in [0.2, 0.25) is 0 Å². The molecule has 142 valence electrons. The van der Waals surface area contributed by atoms with Crippen LogP contribution in [-0.2, 0) is 0 Å². The maximum atomic E-state index is 15.0. The third-order valence-electron chi connectivity index (χ3n) is 5.17. The fourth-order valence-corrected chi connectivity index (χ4v) is 3.66. The molecule has 2 heterocycles. The first kappa shape index (κ1) is 17.9. The highest BCUT2D eigenvalue weighted by Gasteiger charge is 2.29. The van der Waals surface area contributed by atoms with Gasteiger partial charge < -0.3 is 15.6 Å². The van der Waals surface area contributed by atoms with E-state index in [9.17, 15) is 23.9 Å². The number of aryl methyl sites for hydroxylation is 1. The van der Waals surface area contributed by atoms with Gasteiger partial charge in [0.05, 0.1) is 17.0 Å². The maximum Gasteiger partial charge on any atom is 0.264 e. The average Bonchev–Trinajstić information content (AvgIpc) is 3.47. The molecule has 0 radical (unpaired) electrons. The van der Waals surface area contributed by atoms with E-state index in [0.29, 0.717) is 33.3 Å². The van der Waals surface area contributed by atoms with E-state index in [-0.39, 0.29) is 5.92 Å². The SMILES string of the molecule is Cc1c(-c2ccc(C(N)=O)cc2)c(F)cn2c(=O)c(C(=O)[O-])cc(C3CC3)c12. The molecule has 6 nitrogen and oxygen atoms in total. The first-order valence-corrected chi connectivity index (χ1v) is 8.79. The van der Waals surface area contributed by atoms with Crippen LogP contribution in [-0.4, -0.2) is 16.3 Å². The van der Waals surface area contributed by atoms with Gasteiger partial charge in [0.25, 0.3) is 5.56 Å². The number of carbonyl (C=O) groups excluding carboxylic acids is 2. The summed E-state index contributed by atoms with van der Waals surface area (Å²) in [4.78, 5) is 35.2. The van der Waals surface area contributed by atoms with Crippen molar-refractivity contribution in [3.63, 3.8) is 0 Å². The number of fused-ring (bicyclic) bond motifs is 1. The number of carboxylic acids is 1. The number of benzene rings is 1. The number of halogens is 1. The molecule has 1 fully saturated rings. The monoisotopic (exact) mass is 379 g/mol. The van der Waals surface area contributed by atoms with Crippen molar-refractivity contribution in [2.75, 3.05) is 0 Å². The van der Waals surface area contributed by atoms with Crippen LogP contribution in [0.1, 0.15) is 50.6 Å². The lowest BCUT2D eigenvalue weighted by Gasteiger charge is -2.17. The molecule has 1 aliphatic carbocycles. The molecule has 0 spiro atoms. The lowest BCUT2D eigenvalue weighted by molar-refractivity contribution is -0.255. The summed E-state index contributed by atoms with van der Waals surface area (Å²) in [7, 11) is 0. The van der Waals surface area contributed by atoms with Crippen LogP contribution in [0.4, 0.5) is 4.39 Å². The first-order valence-electron chi connectivity index (χ1n) is 8.79. The Labute approximate surface area is 159 Å². The van der Waals surface area contributed by atoms with E-state index in [1.807, 2.05) is 0 Å². The van der Waals surface area contributed by atoms with Crippen LogP contribution in [0.25, 0.3) is 16.6 Å². The van der Waals surface area contributed by atoms with Gasteiger partial charge in [-0.25, -0.2) is 4.39 Å². The number of hydrogen-bond donors (Lipinski definition) is 1. The van der Waals surface area contributed by atoms with Crippen molar-refractivity contribution in [3.05, 3.63) is 75.0 Å². The van der Waals surface area contributed by atoms with Crippen LogP contribution in [0.5, 0.6) is 0 Å². The van der Waals surface area contributed by atoms with Crippen molar-refractivity contribution < 1.29 is 19.1 Å². The highest BCUT2D eigenvalue weighted by Crippen LogP contribution is 2.43. The lowest BCUT2D eigenvalue weighted by atomic mass is 9.95. The number of amides is 1. The van der Waals surface area contributed by atoms with Gasteiger partial charge in [0.1, 0.15) is 5.82 Å². The number of nitrogens with two attached hydrogens (primary N) is 1. The Bertz CT molecular complexity index is 1210. The van der Waals surface area contributed by atoms with E-state index in [1.165, 1.54) is 18.2 Å². The van der Waals surface area contributed by atoms with Crippen molar-refractivity contribution in [3.8, 4) is 11.1 Å². The Hall–Kier alpha value is -3.48. The third-order valence-corrected chi connectivity index (χ3v) is 5.17. The molecule has 0 saturated heterocycles. The minimum absolute atomic E-state index is 0.128. The molecular weight excluding hydrogens is 363 g/mol. The van der Waals surface area contributed by atoms with Gasteiger partial charge in [0.15, 0.2) is 0 Å². The number of carbonyl (C=O) groups is 2. The Morgan fingerprint density at radius 2 is 1.86 bits per heavy atom. The van der Waals surface area contributed by atoms with Gasteiger partial charge in [0.2, 0.25) is 5.91 Å². The fraction of sp³-hybridized carbons (Fsp3) is 0.190. The van der Waals surface area contributed by atoms with E-state index in [2.05, 4.69) is 0 Å². The Kier molecular flexibility index (Phi) is 4.03. The zero-order valence-electron chi connectivity index (χ0n) is 15.0. The van der Waals surface area contributed by atoms with Gasteiger partial charge in [-0.1, -0.05) is 12.1 Å². The molecule has 28 heavy (non-hydrogen) atoms. The van der Waals surface area contributed by atoms with Gasteiger partial charge >= 0.3 is 0 Å². The molecular formula is C21H16FN2O4-. The second-order valence-corrected chi connectivity index (χ2v) is 7.02. The molecule has 1 saturated carbocycles. The number of aromatic carboxylic acids is 1. The fourth-order valence-electron chi connectivity index (χ4n) is 3.66. The number of aromatic nitrogens is 1. The van der Waals surface area contributed by atoms with Gasteiger partial charge in [0, 0.05) is 17.3 Å². The lowest BCUT2D eigenvalue weighted by Crippen LogP contribution is -2.32. The molecule has 3 aromatic rings. The second kappa shape index (κ2) is 6.30. The molecule has 1 amide bonds. The minimum Gasteiger partial charge on any atom is -0.545 e. The van der Waals surface area contributed by atoms with Crippen molar-refractivity contribution in [2.24, 2.45) is 5.73 Å². The van der Waals surface area contributed by atoms with Gasteiger partial charge in [-0.3, -0.25) is 14.0 Å². The molecule has 0 atom stereocenters. The van der Waals surface area contributed by atoms with E-state index >= 15 is 0 Å². The molecule has 1 aromatic carbocycles. The van der Waals surface area contributed by atoms with Crippen LogP contribution >= 0.6 is 0 Å². The standard InChI is InChI=1S/C21H17FN2O4/c1-10-17(12-4-6-13(7-5-12)19(23)25)16(22)9-24-18(10)14(11-2-3-11)8-15(20(24)26)21(27)28/h4-9,11H,2-3H2,1H3,(H2,23,25)(H,27,28)/p-1. The summed E-state index contributed by atoms with van der Waals surface area (Å²) < 4.78 is 16.0. The highest BCUT2D eigenvalue weighted by atomic mass is 19.1. The van der Waals surface area contributed by atoms with E-state index in [1.54, 1.807) is 19.1 Å². The summed E-state index contributed by atoms with van der Waals surface area (Å²) in [6, 6.07) is 7.55. The van der Waals surface area contributed by atoms with Gasteiger partial charge in [-0.2, -0.15) is 0 Å². The van der Waals surface area contributed by atoms with Gasteiger partial charge in [-0.15, -0.1) is 0 Å². The van der Waals surface area contributed by atoms with Crippen molar-refractivity contribution in [1.29, 1.82) is 0 Å². The Morgan fingerprint density at radius 1 is 1.21 bits per heavy atom. The number of hydrogen-bond acceptors (Lipinski definition) is 4. The van der Waals surface area contributed by atoms with Crippen LogP contribution in [0, 0.1) is 12.7 Å². The summed E-state index contributed by atoms with van der Waals surface area (Å²) in [5.41, 5.74) is 6.80. The summed E-state index contributed by atoms with van der Waals surface area (Å²) in [6.45, 7) is 1.69. The van der Waals surface area contributed by atoms with Crippen LogP contribution < -0.4 is 16.4 Å². The number of carboxylic acid groups (broad SMARTS) is 1. The minimum atomic E-state index is -1.58. The number of nitrogens with zero attached hydrogens (tertiary/aromatic N) is 1. The average molecular weight is 379 g/mol. The van der Waals surface area contributed by atoms with E-state index in [4.69, 9.17) is 5.73 Å². The normalized spacial score (nSPS) is 13.6. The van der Waals surface area contributed by atoms with Crippen LogP contribution in [0.15, 0.2) is 41.3 Å². The summed E-state index contributed by atoms with van der Waals surface area (Å²) >= 11 is 0. The van der Waals surface area contributed by atoms with Gasteiger partial charge in [-0.05, 0) is 60.6 Å². The predicted octanol–water partition coefficient (Wildman–Crippen LogP) is 1.75. The van der Waals surface area contributed by atoms with Crippen molar-refractivity contribution in [2.45, 2.75) is 25.7 Å². The van der Waals surface area contributed by atoms with E-state index < -0.39 is 28.8 Å². The third kappa shape index (κ3) is 2.76. The zero-order valence-corrected chi connectivity index (χ0v) is 15.0. The number of rotatable bonds is 4. The first-order chi connectivity index (χ1) is 13.3. The molecule has 1 aliphatic rings. The Balaban J connectivity index is 2.03. The Morgan fingerprint density at radius 3 is 2.39 bits per heavy atom. The van der Waals surface area contributed by atoms with E-state index in [0.717, 1.165) is 23.4 Å². The smallest absolute Gasteiger partial charge is 0.264 e. The predicted molar refractivity (Wildman–Crippen MR) is 98.6 cm³/mol. The molecule has 0 unspecified atom stereocenters. The molecule has 0 aliphatic heterocycles. The zero-order chi connectivity index (χ0) is 20.2. The summed E-state index contributed by atoms with van der Waals surface area (Å²) in [6.07, 6.45) is 2.76. The largest absolute Gasteiger partial charge is 0.545 e. The van der Waals surface area contributed by atoms with Crippen molar-refractivity contribution >= 4 is 17.4 Å². The van der Waals surface area contributed by atoms with Crippen molar-refractivity contribution in [1.82, 2.24) is 4.40 Å². The molecule has 4 rings (SSSR count). The summed E-state index contributed by atoms with van der Waals surface area (Å²) in [5, 5.41) is 11.3. The highest BCUT2D eigenvalue weighted by molar-refractivity contribution is 5.93. The maximum absolute atomic E-state index is 15.0. The number of pyridine rings is 2. The molecule has 2 aromatic heterocycles. The molecule has 7 heteroatoms. The quantitative estimate of drug-likeness (QED) is 0.746.